The molecular formula is C14H13ClO3P+. The van der Waals surface area contributed by atoms with Crippen LogP contribution in [0.2, 0.25) is 0 Å². The van der Waals surface area contributed by atoms with Gasteiger partial charge < -0.3 is 0 Å². The Morgan fingerprint density at radius 1 is 1.00 bits per heavy atom. The first kappa shape index (κ1) is 14.2. The summed E-state index contributed by atoms with van der Waals surface area (Å²) in [4.78, 5) is 7.86. The maximum Gasteiger partial charge on any atom is 0.694 e. The molecule has 1 N–H and O–H groups in total. The van der Waals surface area contributed by atoms with Gasteiger partial charge in [-0.2, -0.15) is 0 Å². The van der Waals surface area contributed by atoms with E-state index in [0.717, 1.165) is 11.1 Å². The van der Waals surface area contributed by atoms with Crippen LogP contribution in [0.3, 0.4) is 0 Å². The van der Waals surface area contributed by atoms with E-state index >= 15 is 0 Å². The van der Waals surface area contributed by atoms with Crippen molar-refractivity contribution in [3.8, 4) is 0 Å². The average molecular weight is 296 g/mol. The van der Waals surface area contributed by atoms with Crippen LogP contribution in [-0.2, 0) is 14.0 Å². The maximum absolute atomic E-state index is 10.8. The quantitative estimate of drug-likeness (QED) is 0.673. The van der Waals surface area contributed by atoms with Crippen molar-refractivity contribution in [2.45, 2.75) is 4.87 Å². The minimum absolute atomic E-state index is 0.0751. The van der Waals surface area contributed by atoms with Gasteiger partial charge in [-0.05, 0) is 11.1 Å². The minimum Gasteiger partial charge on any atom is -0.133 e. The molecule has 5 heteroatoms. The molecule has 2 rings (SSSR count). The molecule has 0 aliphatic heterocycles. The van der Waals surface area contributed by atoms with Gasteiger partial charge in [-0.3, -0.25) is 0 Å². The fourth-order valence-electron chi connectivity index (χ4n) is 1.88. The third-order valence-corrected chi connectivity index (χ3v) is 3.73. The summed E-state index contributed by atoms with van der Waals surface area (Å²) >= 11 is 6.67. The lowest BCUT2D eigenvalue weighted by Crippen LogP contribution is -2.25. The Labute approximate surface area is 117 Å². The highest BCUT2D eigenvalue weighted by molar-refractivity contribution is 7.32. The molecule has 0 fully saturated rings. The van der Waals surface area contributed by atoms with Crippen LogP contribution in [0.1, 0.15) is 11.1 Å². The molecule has 0 saturated heterocycles. The van der Waals surface area contributed by atoms with Crippen molar-refractivity contribution in [2.24, 2.45) is 0 Å². The van der Waals surface area contributed by atoms with Gasteiger partial charge in [0.15, 0.2) is 0 Å². The van der Waals surface area contributed by atoms with E-state index in [0.29, 0.717) is 0 Å². The van der Waals surface area contributed by atoms with Gasteiger partial charge in [0.2, 0.25) is 0 Å². The summed E-state index contributed by atoms with van der Waals surface area (Å²) in [5.74, 6) is 0. The molecule has 0 heterocycles. The second kappa shape index (κ2) is 6.27. The van der Waals surface area contributed by atoms with Crippen LogP contribution in [0.4, 0.5) is 0 Å². The number of halogens is 1. The number of alkyl halides is 1. The third-order valence-electron chi connectivity index (χ3n) is 2.84. The van der Waals surface area contributed by atoms with E-state index in [4.69, 9.17) is 21.0 Å². The molecule has 0 radical (unpaired) electrons. The lowest BCUT2D eigenvalue weighted by molar-refractivity contribution is 0.259. The monoisotopic (exact) mass is 295 g/mol. The van der Waals surface area contributed by atoms with Crippen molar-refractivity contribution in [1.82, 2.24) is 0 Å². The smallest absolute Gasteiger partial charge is 0.133 e. The van der Waals surface area contributed by atoms with Crippen molar-refractivity contribution in [3.05, 3.63) is 71.8 Å². The topological polar surface area (TPSA) is 46.5 Å². The van der Waals surface area contributed by atoms with Crippen molar-refractivity contribution in [1.29, 1.82) is 0 Å². The van der Waals surface area contributed by atoms with Crippen LogP contribution in [0.5, 0.6) is 0 Å². The highest BCUT2D eigenvalue weighted by Crippen LogP contribution is 2.38. The summed E-state index contributed by atoms with van der Waals surface area (Å²) < 4.78 is 15.6. The van der Waals surface area contributed by atoms with Gasteiger partial charge in [0.25, 0.3) is 0 Å². The Morgan fingerprint density at radius 2 is 1.42 bits per heavy atom. The fraction of sp³-hybridized carbons (Fsp3) is 0.143. The molecule has 1 unspecified atom stereocenters. The molecule has 1 atom stereocenters. The first-order valence-corrected chi connectivity index (χ1v) is 7.23. The molecule has 0 spiro atoms. The van der Waals surface area contributed by atoms with Crippen molar-refractivity contribution < 1.29 is 14.0 Å². The lowest BCUT2D eigenvalue weighted by atomic mass is 9.91. The molecule has 2 aromatic rings. The first-order valence-electron chi connectivity index (χ1n) is 5.72. The molecule has 0 aliphatic rings. The summed E-state index contributed by atoms with van der Waals surface area (Å²) in [7, 11) is -2.68. The molecule has 98 valence electrons. The molecule has 19 heavy (non-hydrogen) atoms. The summed E-state index contributed by atoms with van der Waals surface area (Å²) in [6, 6.07) is 18.7. The van der Waals surface area contributed by atoms with E-state index in [9.17, 15) is 4.57 Å². The predicted molar refractivity (Wildman–Crippen MR) is 75.3 cm³/mol. The molecule has 0 aliphatic carbocycles. The average Bonchev–Trinajstić information content (AvgIpc) is 2.46. The van der Waals surface area contributed by atoms with E-state index in [1.807, 2.05) is 60.7 Å². The largest absolute Gasteiger partial charge is 0.694 e. The van der Waals surface area contributed by atoms with Crippen molar-refractivity contribution in [2.75, 3.05) is 6.61 Å². The van der Waals surface area contributed by atoms with Crippen LogP contribution < -0.4 is 0 Å². The van der Waals surface area contributed by atoms with E-state index in [-0.39, 0.29) is 6.61 Å². The second-order valence-electron chi connectivity index (χ2n) is 4.04. The van der Waals surface area contributed by atoms with Crippen LogP contribution in [0.15, 0.2) is 60.7 Å². The summed E-state index contributed by atoms with van der Waals surface area (Å²) in [6.45, 7) is -0.0751. The molecule has 0 bridgehead atoms. The van der Waals surface area contributed by atoms with Crippen LogP contribution >= 0.6 is 19.9 Å². The Kier molecular flexibility index (Phi) is 4.67. The van der Waals surface area contributed by atoms with E-state index in [2.05, 4.69) is 0 Å². The first-order chi connectivity index (χ1) is 9.13. The molecule has 0 aromatic heterocycles. The number of hydrogen-bond donors (Lipinski definition) is 1. The highest BCUT2D eigenvalue weighted by atomic mass is 35.5. The lowest BCUT2D eigenvalue weighted by Gasteiger charge is -2.25. The molecule has 3 nitrogen and oxygen atoms in total. The zero-order valence-corrected chi connectivity index (χ0v) is 11.7. The fourth-order valence-corrected chi connectivity index (χ4v) is 2.57. The third kappa shape index (κ3) is 3.40. The maximum atomic E-state index is 10.8. The number of benzene rings is 2. The number of rotatable bonds is 5. The second-order valence-corrected chi connectivity index (χ2v) is 5.42. The normalized spacial score (nSPS) is 12.2. The van der Waals surface area contributed by atoms with Gasteiger partial charge >= 0.3 is 8.25 Å². The van der Waals surface area contributed by atoms with Gasteiger partial charge in [0, 0.05) is 4.57 Å². The standard InChI is InChI=1S/C14H12ClO3P/c15-14(11-18-19(16)17,12-7-3-1-4-8-12)13-9-5-2-6-10-13/h1-10H,11H2/p+1. The van der Waals surface area contributed by atoms with Crippen LogP contribution in [0.25, 0.3) is 0 Å². The molecule has 0 saturated carbocycles. The summed E-state index contributed by atoms with van der Waals surface area (Å²) in [5, 5.41) is 0. The Balaban J connectivity index is 2.41. The van der Waals surface area contributed by atoms with Crippen LogP contribution in [-0.4, -0.2) is 11.5 Å². The minimum atomic E-state index is -2.68. The van der Waals surface area contributed by atoms with E-state index < -0.39 is 13.1 Å². The Hall–Kier alpha value is -1.25. The SMILES string of the molecule is O=[P+](O)OCC(Cl)(c1ccccc1)c1ccccc1. The Bertz CT molecular complexity index is 506. The highest BCUT2D eigenvalue weighted by Gasteiger charge is 2.35. The van der Waals surface area contributed by atoms with Gasteiger partial charge in [0.05, 0.1) is 0 Å². The summed E-state index contributed by atoms with van der Waals surface area (Å²) in [5.41, 5.74) is 1.64. The molecular weight excluding hydrogens is 283 g/mol. The van der Waals surface area contributed by atoms with Crippen LogP contribution in [0, 0.1) is 0 Å². The zero-order valence-electron chi connectivity index (χ0n) is 10.1. The van der Waals surface area contributed by atoms with E-state index in [1.54, 1.807) is 0 Å². The summed E-state index contributed by atoms with van der Waals surface area (Å²) in [6.07, 6.45) is 0. The number of hydrogen-bond acceptors (Lipinski definition) is 2. The zero-order chi connectivity index (χ0) is 13.7. The predicted octanol–water partition coefficient (Wildman–Crippen LogP) is 3.84. The van der Waals surface area contributed by atoms with Gasteiger partial charge in [-0.1, -0.05) is 60.7 Å². The van der Waals surface area contributed by atoms with Gasteiger partial charge in [-0.15, -0.1) is 21.0 Å². The van der Waals surface area contributed by atoms with E-state index in [1.165, 1.54) is 0 Å². The van der Waals surface area contributed by atoms with Crippen molar-refractivity contribution >= 4 is 19.9 Å². The molecule has 0 amide bonds. The van der Waals surface area contributed by atoms with Gasteiger partial charge in [0.1, 0.15) is 11.5 Å². The molecule has 2 aromatic carbocycles. The van der Waals surface area contributed by atoms with Gasteiger partial charge in [-0.25, -0.2) is 0 Å². The Morgan fingerprint density at radius 3 is 1.79 bits per heavy atom. The van der Waals surface area contributed by atoms with Crippen molar-refractivity contribution in [3.63, 3.8) is 0 Å².